The molecule has 1 amide bonds. The summed E-state index contributed by atoms with van der Waals surface area (Å²) in [6, 6.07) is 11.2. The van der Waals surface area contributed by atoms with Gasteiger partial charge in [0.05, 0.1) is 30.5 Å². The SMILES string of the molecule is CCOc1ccc(C(=O)N2CCC(Oc3nc4cc(OC)ccc4s3)CC2)cc1OCC. The predicted molar refractivity (Wildman–Crippen MR) is 125 cm³/mol. The van der Waals surface area contributed by atoms with Gasteiger partial charge in [0.1, 0.15) is 11.9 Å². The van der Waals surface area contributed by atoms with Crippen LogP contribution in [0.15, 0.2) is 36.4 Å². The molecule has 3 aromatic rings. The molecule has 2 aromatic carbocycles. The highest BCUT2D eigenvalue weighted by Crippen LogP contribution is 2.33. The third kappa shape index (κ3) is 4.91. The Balaban J connectivity index is 1.37. The first-order chi connectivity index (χ1) is 15.6. The topological polar surface area (TPSA) is 70.1 Å². The highest BCUT2D eigenvalue weighted by Gasteiger charge is 2.26. The molecule has 4 rings (SSSR count). The average molecular weight is 457 g/mol. The predicted octanol–water partition coefficient (Wildman–Crippen LogP) is 4.79. The maximum atomic E-state index is 13.0. The zero-order valence-electron chi connectivity index (χ0n) is 18.6. The molecular weight excluding hydrogens is 428 g/mol. The van der Waals surface area contributed by atoms with Crippen LogP contribution in [0, 0.1) is 0 Å². The van der Waals surface area contributed by atoms with Crippen molar-refractivity contribution in [1.82, 2.24) is 9.88 Å². The molecule has 1 aliphatic heterocycles. The van der Waals surface area contributed by atoms with Crippen LogP contribution in [0.1, 0.15) is 37.0 Å². The van der Waals surface area contributed by atoms with Crippen LogP contribution in [-0.2, 0) is 0 Å². The quantitative estimate of drug-likeness (QED) is 0.486. The van der Waals surface area contributed by atoms with Crippen molar-refractivity contribution >= 4 is 27.5 Å². The molecule has 1 aliphatic rings. The molecule has 1 aromatic heterocycles. The maximum Gasteiger partial charge on any atom is 0.274 e. The van der Waals surface area contributed by atoms with Gasteiger partial charge in [-0.15, -0.1) is 0 Å². The molecule has 8 heteroatoms. The third-order valence-corrected chi connectivity index (χ3v) is 6.29. The van der Waals surface area contributed by atoms with Gasteiger partial charge < -0.3 is 23.8 Å². The fourth-order valence-corrected chi connectivity index (χ4v) is 4.61. The smallest absolute Gasteiger partial charge is 0.274 e. The number of thiazole rings is 1. The zero-order valence-corrected chi connectivity index (χ0v) is 19.4. The van der Waals surface area contributed by atoms with Gasteiger partial charge in [-0.25, -0.2) is 4.98 Å². The van der Waals surface area contributed by atoms with Gasteiger partial charge in [-0.3, -0.25) is 4.79 Å². The number of carbonyl (C=O) groups excluding carboxylic acids is 1. The third-order valence-electron chi connectivity index (χ3n) is 5.36. The van der Waals surface area contributed by atoms with E-state index < -0.39 is 0 Å². The van der Waals surface area contributed by atoms with E-state index in [1.165, 1.54) is 11.3 Å². The highest BCUT2D eigenvalue weighted by atomic mass is 32.1. The molecule has 0 atom stereocenters. The van der Waals surface area contributed by atoms with Crippen molar-refractivity contribution in [3.8, 4) is 22.4 Å². The van der Waals surface area contributed by atoms with Crippen LogP contribution in [0.5, 0.6) is 22.4 Å². The minimum absolute atomic E-state index is 0.000432. The van der Waals surface area contributed by atoms with Crippen molar-refractivity contribution < 1.29 is 23.7 Å². The van der Waals surface area contributed by atoms with Gasteiger partial charge in [-0.05, 0) is 44.2 Å². The van der Waals surface area contributed by atoms with Gasteiger partial charge in [0.25, 0.3) is 11.1 Å². The number of rotatable bonds is 8. The Bertz CT molecular complexity index is 1080. The molecule has 1 fully saturated rings. The van der Waals surface area contributed by atoms with E-state index in [0.29, 0.717) is 48.6 Å². The Morgan fingerprint density at radius 2 is 1.81 bits per heavy atom. The number of carbonyl (C=O) groups is 1. The van der Waals surface area contributed by atoms with E-state index in [2.05, 4.69) is 4.98 Å². The molecule has 32 heavy (non-hydrogen) atoms. The number of amides is 1. The van der Waals surface area contributed by atoms with E-state index in [-0.39, 0.29) is 12.0 Å². The monoisotopic (exact) mass is 456 g/mol. The molecule has 0 unspecified atom stereocenters. The van der Waals surface area contributed by atoms with Gasteiger partial charge >= 0.3 is 0 Å². The molecule has 0 saturated carbocycles. The van der Waals surface area contributed by atoms with Crippen molar-refractivity contribution in [2.24, 2.45) is 0 Å². The van der Waals surface area contributed by atoms with E-state index >= 15 is 0 Å². The molecule has 170 valence electrons. The molecule has 0 spiro atoms. The van der Waals surface area contributed by atoms with Crippen molar-refractivity contribution in [3.63, 3.8) is 0 Å². The summed E-state index contributed by atoms with van der Waals surface area (Å²) in [5.41, 5.74) is 1.48. The Kier molecular flexibility index (Phi) is 6.99. The Morgan fingerprint density at radius 3 is 2.53 bits per heavy atom. The lowest BCUT2D eigenvalue weighted by Crippen LogP contribution is -2.41. The number of piperidine rings is 1. The Hall–Kier alpha value is -3.00. The molecule has 1 saturated heterocycles. The van der Waals surface area contributed by atoms with E-state index in [0.717, 1.165) is 28.8 Å². The van der Waals surface area contributed by atoms with Crippen LogP contribution >= 0.6 is 11.3 Å². The molecule has 7 nitrogen and oxygen atoms in total. The molecule has 0 bridgehead atoms. The van der Waals surface area contributed by atoms with Gasteiger partial charge in [0, 0.05) is 37.6 Å². The number of ether oxygens (including phenoxy) is 4. The van der Waals surface area contributed by atoms with Crippen LogP contribution in [0.4, 0.5) is 0 Å². The minimum atomic E-state index is -0.000432. The number of methoxy groups -OCH3 is 1. The lowest BCUT2D eigenvalue weighted by molar-refractivity contribution is 0.0595. The second-order valence-corrected chi connectivity index (χ2v) is 8.44. The van der Waals surface area contributed by atoms with E-state index in [4.69, 9.17) is 18.9 Å². The fraction of sp³-hybridized carbons (Fsp3) is 0.417. The summed E-state index contributed by atoms with van der Waals surface area (Å²) in [7, 11) is 1.64. The number of fused-ring (bicyclic) bond motifs is 1. The number of hydrogen-bond donors (Lipinski definition) is 0. The fourth-order valence-electron chi connectivity index (χ4n) is 3.75. The average Bonchev–Trinajstić information content (AvgIpc) is 3.22. The molecular formula is C24H28N2O5S. The second kappa shape index (κ2) is 10.1. The van der Waals surface area contributed by atoms with Crippen LogP contribution < -0.4 is 18.9 Å². The summed E-state index contributed by atoms with van der Waals surface area (Å²) in [4.78, 5) is 19.5. The summed E-state index contributed by atoms with van der Waals surface area (Å²) in [5, 5.41) is 0.658. The van der Waals surface area contributed by atoms with Gasteiger partial charge in [-0.1, -0.05) is 11.3 Å². The summed E-state index contributed by atoms with van der Waals surface area (Å²) < 4.78 is 23.7. The summed E-state index contributed by atoms with van der Waals surface area (Å²) in [6.07, 6.45) is 1.57. The molecule has 2 heterocycles. The van der Waals surface area contributed by atoms with E-state index in [1.807, 2.05) is 36.9 Å². The van der Waals surface area contributed by atoms with Crippen molar-refractivity contribution in [3.05, 3.63) is 42.0 Å². The largest absolute Gasteiger partial charge is 0.497 e. The van der Waals surface area contributed by atoms with E-state index in [9.17, 15) is 4.79 Å². The molecule has 0 aliphatic carbocycles. The maximum absolute atomic E-state index is 13.0. The number of likely N-dealkylation sites (tertiary alicyclic amines) is 1. The van der Waals surface area contributed by atoms with Crippen LogP contribution in [0.3, 0.4) is 0 Å². The first-order valence-corrected chi connectivity index (χ1v) is 11.7. The summed E-state index contributed by atoms with van der Waals surface area (Å²) in [6.45, 7) is 6.17. The Morgan fingerprint density at radius 1 is 1.06 bits per heavy atom. The lowest BCUT2D eigenvalue weighted by atomic mass is 10.1. The van der Waals surface area contributed by atoms with Crippen LogP contribution in [0.25, 0.3) is 10.2 Å². The second-order valence-electron chi connectivity index (χ2n) is 7.45. The van der Waals surface area contributed by atoms with E-state index in [1.54, 1.807) is 25.3 Å². The molecule has 0 radical (unpaired) electrons. The summed E-state index contributed by atoms with van der Waals surface area (Å²) in [5.74, 6) is 2.04. The highest BCUT2D eigenvalue weighted by molar-refractivity contribution is 7.20. The Labute approximate surface area is 191 Å². The summed E-state index contributed by atoms with van der Waals surface area (Å²) >= 11 is 1.53. The standard InChI is InChI=1S/C24H28N2O5S/c1-4-29-20-8-6-16(14-21(20)30-5-2)23(27)26-12-10-17(11-13-26)31-24-25-19-15-18(28-3)7-9-22(19)32-24/h6-9,14-15,17H,4-5,10-13H2,1-3H3. The van der Waals surface area contributed by atoms with Crippen LogP contribution in [0.2, 0.25) is 0 Å². The first-order valence-electron chi connectivity index (χ1n) is 10.9. The minimum Gasteiger partial charge on any atom is -0.497 e. The number of aromatic nitrogens is 1. The molecule has 0 N–H and O–H groups in total. The number of hydrogen-bond acceptors (Lipinski definition) is 7. The van der Waals surface area contributed by atoms with Crippen molar-refractivity contribution in [1.29, 1.82) is 0 Å². The lowest BCUT2D eigenvalue weighted by Gasteiger charge is -2.31. The number of nitrogens with zero attached hydrogens (tertiary/aromatic N) is 2. The van der Waals surface area contributed by atoms with Gasteiger partial charge in [0.15, 0.2) is 11.5 Å². The normalized spacial score (nSPS) is 14.4. The van der Waals surface area contributed by atoms with Crippen molar-refractivity contribution in [2.75, 3.05) is 33.4 Å². The first kappa shape index (κ1) is 22.2. The number of benzene rings is 2. The zero-order chi connectivity index (χ0) is 22.5. The van der Waals surface area contributed by atoms with Crippen LogP contribution in [-0.4, -0.2) is 55.3 Å². The van der Waals surface area contributed by atoms with Gasteiger partial charge in [0.2, 0.25) is 0 Å². The van der Waals surface area contributed by atoms with Gasteiger partial charge in [-0.2, -0.15) is 0 Å². The van der Waals surface area contributed by atoms with Crippen molar-refractivity contribution in [2.45, 2.75) is 32.8 Å².